The molecule has 0 radical (unpaired) electrons. The van der Waals surface area contributed by atoms with Crippen molar-refractivity contribution in [2.75, 3.05) is 12.1 Å². The lowest BCUT2D eigenvalue weighted by Gasteiger charge is -2.08. The van der Waals surface area contributed by atoms with Crippen LogP contribution in [0.4, 0.5) is 5.69 Å². The van der Waals surface area contributed by atoms with Crippen molar-refractivity contribution in [3.05, 3.63) is 34.9 Å². The van der Waals surface area contributed by atoms with E-state index in [0.29, 0.717) is 23.1 Å². The molecule has 0 spiro atoms. The summed E-state index contributed by atoms with van der Waals surface area (Å²) in [5.74, 6) is 1.39. The molecule has 0 fully saturated rings. The molecule has 5 nitrogen and oxygen atoms in total. The summed E-state index contributed by atoms with van der Waals surface area (Å²) in [5.41, 5.74) is 2.81. The predicted molar refractivity (Wildman–Crippen MR) is 68.2 cm³/mol. The van der Waals surface area contributed by atoms with E-state index < -0.39 is 0 Å². The van der Waals surface area contributed by atoms with Crippen LogP contribution in [-0.4, -0.2) is 16.8 Å². The Hall–Kier alpha value is -1.88. The Bertz CT molecular complexity index is 583. The maximum Gasteiger partial charge on any atom is 0.231 e. The predicted octanol–water partition coefficient (Wildman–Crippen LogP) is 2.71. The molecule has 94 valence electrons. The number of ether oxygens (including phenoxy) is 2. The van der Waals surface area contributed by atoms with Crippen molar-refractivity contribution in [2.24, 2.45) is 0 Å². The van der Waals surface area contributed by atoms with Crippen molar-refractivity contribution in [2.45, 2.75) is 13.5 Å². The highest BCUT2D eigenvalue weighted by Crippen LogP contribution is 2.39. The topological polar surface area (TPSA) is 59.2 Å². The van der Waals surface area contributed by atoms with Crippen LogP contribution < -0.4 is 14.8 Å². The van der Waals surface area contributed by atoms with Crippen molar-refractivity contribution in [3.8, 4) is 11.5 Å². The number of fused-ring (bicyclic) bond motifs is 1. The molecular formula is C12H12ClN3O2. The normalized spacial score (nSPS) is 12.8. The number of hydrogen-bond donors (Lipinski definition) is 2. The number of imidazole rings is 1. The van der Waals surface area contributed by atoms with Gasteiger partial charge >= 0.3 is 0 Å². The van der Waals surface area contributed by atoms with Crippen LogP contribution in [0.3, 0.4) is 0 Å². The zero-order valence-electron chi connectivity index (χ0n) is 9.79. The Kier molecular flexibility index (Phi) is 2.76. The third-order valence-corrected chi connectivity index (χ3v) is 3.16. The van der Waals surface area contributed by atoms with Gasteiger partial charge in [-0.15, -0.1) is 0 Å². The molecule has 1 aliphatic rings. The van der Waals surface area contributed by atoms with Crippen molar-refractivity contribution in [1.29, 1.82) is 0 Å². The van der Waals surface area contributed by atoms with Crippen molar-refractivity contribution in [3.63, 3.8) is 0 Å². The lowest BCUT2D eigenvalue weighted by atomic mass is 10.2. The lowest BCUT2D eigenvalue weighted by molar-refractivity contribution is 0.174. The molecule has 3 rings (SSSR count). The monoisotopic (exact) mass is 265 g/mol. The first-order valence-corrected chi connectivity index (χ1v) is 5.93. The molecule has 2 N–H and O–H groups in total. The van der Waals surface area contributed by atoms with Gasteiger partial charge < -0.3 is 19.8 Å². The van der Waals surface area contributed by atoms with Crippen LogP contribution in [0.15, 0.2) is 18.5 Å². The average molecular weight is 266 g/mol. The van der Waals surface area contributed by atoms with Crippen molar-refractivity contribution < 1.29 is 9.47 Å². The molecule has 1 aliphatic heterocycles. The highest BCUT2D eigenvalue weighted by atomic mass is 35.5. The first kappa shape index (κ1) is 11.2. The molecule has 0 amide bonds. The number of aromatic nitrogens is 2. The second-order valence-electron chi connectivity index (χ2n) is 4.01. The van der Waals surface area contributed by atoms with Crippen LogP contribution in [0.25, 0.3) is 0 Å². The van der Waals surface area contributed by atoms with E-state index in [0.717, 1.165) is 17.1 Å². The number of hydrogen-bond acceptors (Lipinski definition) is 4. The molecule has 2 aromatic rings. The summed E-state index contributed by atoms with van der Waals surface area (Å²) < 4.78 is 10.6. The number of nitrogens with one attached hydrogen (secondary N) is 2. The third-order valence-electron chi connectivity index (χ3n) is 2.84. The van der Waals surface area contributed by atoms with Gasteiger partial charge in [-0.3, -0.25) is 0 Å². The molecule has 0 atom stereocenters. The zero-order chi connectivity index (χ0) is 12.5. The standard InChI is InChI=1S/C12H12ClN3O2/c1-7-10(16-5-15-7)4-14-9-3-12-11(2-8(9)13)17-6-18-12/h2-3,5,14H,4,6H2,1H3,(H,15,16). The van der Waals surface area contributed by atoms with E-state index in [1.165, 1.54) is 0 Å². The van der Waals surface area contributed by atoms with E-state index >= 15 is 0 Å². The summed E-state index contributed by atoms with van der Waals surface area (Å²) in [4.78, 5) is 7.25. The number of benzene rings is 1. The molecule has 1 aromatic carbocycles. The van der Waals surface area contributed by atoms with Crippen molar-refractivity contribution >= 4 is 17.3 Å². The number of halogens is 1. The van der Waals surface area contributed by atoms with Crippen LogP contribution in [0.5, 0.6) is 11.5 Å². The van der Waals surface area contributed by atoms with Gasteiger partial charge in [-0.25, -0.2) is 4.98 Å². The number of H-pyrrole nitrogens is 1. The number of anilines is 1. The molecule has 18 heavy (non-hydrogen) atoms. The Morgan fingerprint density at radius 1 is 1.39 bits per heavy atom. The van der Waals surface area contributed by atoms with Crippen LogP contribution in [-0.2, 0) is 6.54 Å². The molecule has 0 saturated heterocycles. The molecule has 0 bridgehead atoms. The third kappa shape index (κ3) is 1.97. The second-order valence-corrected chi connectivity index (χ2v) is 4.42. The number of nitrogens with zero attached hydrogens (tertiary/aromatic N) is 1. The molecule has 0 saturated carbocycles. The summed E-state index contributed by atoms with van der Waals surface area (Å²) in [6.45, 7) is 2.83. The van der Waals surface area contributed by atoms with Crippen LogP contribution in [0.2, 0.25) is 5.02 Å². The maximum atomic E-state index is 6.16. The SMILES string of the molecule is Cc1[nH]cnc1CNc1cc2c(cc1Cl)OCO2. The summed E-state index contributed by atoms with van der Waals surface area (Å²) in [6, 6.07) is 3.59. The zero-order valence-corrected chi connectivity index (χ0v) is 10.5. The average Bonchev–Trinajstić information content (AvgIpc) is 2.95. The quantitative estimate of drug-likeness (QED) is 0.896. The minimum atomic E-state index is 0.244. The number of rotatable bonds is 3. The summed E-state index contributed by atoms with van der Waals surface area (Å²) in [5, 5.41) is 3.84. The van der Waals surface area contributed by atoms with Crippen LogP contribution >= 0.6 is 11.6 Å². The Balaban J connectivity index is 1.79. The van der Waals surface area contributed by atoms with Crippen LogP contribution in [0.1, 0.15) is 11.4 Å². The van der Waals surface area contributed by atoms with E-state index in [4.69, 9.17) is 21.1 Å². The van der Waals surface area contributed by atoms with E-state index in [1.54, 1.807) is 12.4 Å². The Labute approximate surface area is 109 Å². The highest BCUT2D eigenvalue weighted by molar-refractivity contribution is 6.33. The molecule has 0 aliphatic carbocycles. The summed E-state index contributed by atoms with van der Waals surface area (Å²) in [6.07, 6.45) is 1.67. The molecule has 0 unspecified atom stereocenters. The Morgan fingerprint density at radius 2 is 2.17 bits per heavy atom. The fourth-order valence-corrected chi connectivity index (χ4v) is 2.02. The molecule has 6 heteroatoms. The van der Waals surface area contributed by atoms with E-state index in [2.05, 4.69) is 15.3 Å². The van der Waals surface area contributed by atoms with Gasteiger partial charge in [-0.05, 0) is 6.92 Å². The van der Waals surface area contributed by atoms with Gasteiger partial charge in [-0.2, -0.15) is 0 Å². The largest absolute Gasteiger partial charge is 0.454 e. The van der Waals surface area contributed by atoms with E-state index in [9.17, 15) is 0 Å². The molecule has 1 aromatic heterocycles. The van der Waals surface area contributed by atoms with Gasteiger partial charge in [-0.1, -0.05) is 11.6 Å². The molecular weight excluding hydrogens is 254 g/mol. The minimum absolute atomic E-state index is 0.244. The van der Waals surface area contributed by atoms with Gasteiger partial charge in [0, 0.05) is 17.8 Å². The van der Waals surface area contributed by atoms with Crippen molar-refractivity contribution in [1.82, 2.24) is 9.97 Å². The van der Waals surface area contributed by atoms with Crippen LogP contribution in [0, 0.1) is 6.92 Å². The van der Waals surface area contributed by atoms with E-state index in [-0.39, 0.29) is 6.79 Å². The molecule has 2 heterocycles. The second kappa shape index (κ2) is 4.42. The lowest BCUT2D eigenvalue weighted by Crippen LogP contribution is -2.01. The van der Waals surface area contributed by atoms with E-state index in [1.807, 2.05) is 13.0 Å². The number of aryl methyl sites for hydroxylation is 1. The van der Waals surface area contributed by atoms with Gasteiger partial charge in [0.15, 0.2) is 11.5 Å². The minimum Gasteiger partial charge on any atom is -0.454 e. The first-order valence-electron chi connectivity index (χ1n) is 5.56. The van der Waals surface area contributed by atoms with Gasteiger partial charge in [0.25, 0.3) is 0 Å². The number of aromatic amines is 1. The Morgan fingerprint density at radius 3 is 2.89 bits per heavy atom. The van der Waals surface area contributed by atoms with Gasteiger partial charge in [0.1, 0.15) is 0 Å². The fraction of sp³-hybridized carbons (Fsp3) is 0.250. The van der Waals surface area contributed by atoms with Gasteiger partial charge in [0.05, 0.1) is 29.3 Å². The summed E-state index contributed by atoms with van der Waals surface area (Å²) >= 11 is 6.16. The highest BCUT2D eigenvalue weighted by Gasteiger charge is 2.16. The first-order chi connectivity index (χ1) is 8.74. The smallest absolute Gasteiger partial charge is 0.231 e. The van der Waals surface area contributed by atoms with Gasteiger partial charge in [0.2, 0.25) is 6.79 Å². The maximum absolute atomic E-state index is 6.16. The summed E-state index contributed by atoms with van der Waals surface area (Å²) in [7, 11) is 0. The fourth-order valence-electron chi connectivity index (χ4n) is 1.80.